The monoisotopic (exact) mass is 423 g/mol. The molecule has 3 aromatic rings. The van der Waals surface area contributed by atoms with Crippen molar-refractivity contribution in [3.05, 3.63) is 44.0 Å². The van der Waals surface area contributed by atoms with Crippen LogP contribution in [0.3, 0.4) is 0 Å². The lowest BCUT2D eigenvalue weighted by molar-refractivity contribution is 0.581. The van der Waals surface area contributed by atoms with Gasteiger partial charge in [0, 0.05) is 10.7 Å². The largest absolute Gasteiger partial charge is 0.367 e. The summed E-state index contributed by atoms with van der Waals surface area (Å²) in [6.45, 7) is 0. The number of rotatable bonds is 4. The molecule has 0 atom stereocenters. The Bertz CT molecular complexity index is 998. The molecule has 0 spiro atoms. The minimum Gasteiger partial charge on any atom is -0.367 e. The summed E-state index contributed by atoms with van der Waals surface area (Å²) in [6, 6.07) is 7.92. The van der Waals surface area contributed by atoms with Crippen LogP contribution in [0.2, 0.25) is 13.7 Å². The molecule has 3 rings (SSSR count). The number of nitrogens with two attached hydrogens (primary N) is 1. The van der Waals surface area contributed by atoms with E-state index in [-0.39, 0.29) is 25.5 Å². The van der Waals surface area contributed by atoms with Gasteiger partial charge in [0.05, 0.1) is 4.34 Å². The van der Waals surface area contributed by atoms with E-state index in [0.717, 1.165) is 11.3 Å². The molecule has 0 aliphatic rings. The van der Waals surface area contributed by atoms with Crippen LogP contribution < -0.4 is 11.1 Å². The van der Waals surface area contributed by atoms with Crippen molar-refractivity contribution in [2.24, 2.45) is 0 Å². The van der Waals surface area contributed by atoms with Gasteiger partial charge in [-0.1, -0.05) is 34.8 Å². The lowest BCUT2D eigenvalue weighted by atomic mass is 10.3. The predicted molar refractivity (Wildman–Crippen MR) is 96.1 cm³/mol. The number of halogens is 3. The number of nitrogens with one attached hydrogen (secondary N) is 1. The molecule has 0 aliphatic heterocycles. The molecule has 1 aromatic carbocycles. The first-order valence-electron chi connectivity index (χ1n) is 6.23. The predicted octanol–water partition coefficient (Wildman–Crippen LogP) is 3.86. The maximum atomic E-state index is 12.6. The van der Waals surface area contributed by atoms with Crippen molar-refractivity contribution >= 4 is 73.7 Å². The molecule has 2 heterocycles. The number of thiophene rings is 1. The number of aromatic nitrogens is 3. The third-order valence-corrected chi connectivity index (χ3v) is 6.42. The Kier molecular flexibility index (Phi) is 4.63. The standard InChI is InChI=1S/C12H8Cl3N5O2S2/c13-6-1-3-7(4-2-6)17-12-18-11(16)20(19-12)24(21,22)8-5-9(14)23-10(8)15/h1-5H,(H3,16,17,18,19). The molecule has 126 valence electrons. The van der Waals surface area contributed by atoms with Crippen LogP contribution in [-0.4, -0.2) is 22.6 Å². The Morgan fingerprint density at radius 3 is 2.42 bits per heavy atom. The zero-order valence-electron chi connectivity index (χ0n) is 11.6. The van der Waals surface area contributed by atoms with Crippen molar-refractivity contribution < 1.29 is 8.42 Å². The molecular weight excluding hydrogens is 417 g/mol. The first kappa shape index (κ1) is 17.3. The quantitative estimate of drug-likeness (QED) is 0.659. The fraction of sp³-hybridized carbons (Fsp3) is 0. The molecule has 2 aromatic heterocycles. The van der Waals surface area contributed by atoms with Crippen molar-refractivity contribution in [3.8, 4) is 0 Å². The molecule has 0 bridgehead atoms. The summed E-state index contributed by atoms with van der Waals surface area (Å²) in [7, 11) is -4.11. The van der Waals surface area contributed by atoms with Gasteiger partial charge in [-0.25, -0.2) is 0 Å². The lowest BCUT2D eigenvalue weighted by Crippen LogP contribution is -2.17. The zero-order chi connectivity index (χ0) is 17.5. The Labute approximate surface area is 156 Å². The van der Waals surface area contributed by atoms with Crippen molar-refractivity contribution in [2.75, 3.05) is 11.1 Å². The van der Waals surface area contributed by atoms with E-state index in [0.29, 0.717) is 14.8 Å². The van der Waals surface area contributed by atoms with Crippen molar-refractivity contribution in [1.29, 1.82) is 0 Å². The highest BCUT2D eigenvalue weighted by Gasteiger charge is 2.27. The van der Waals surface area contributed by atoms with Gasteiger partial charge in [-0.2, -0.15) is 13.4 Å². The van der Waals surface area contributed by atoms with E-state index in [1.54, 1.807) is 24.3 Å². The first-order chi connectivity index (χ1) is 11.3. The molecule has 0 aliphatic carbocycles. The normalized spacial score (nSPS) is 11.6. The Balaban J connectivity index is 1.96. The van der Waals surface area contributed by atoms with Gasteiger partial charge in [-0.3, -0.25) is 0 Å². The summed E-state index contributed by atoms with van der Waals surface area (Å²) in [5.74, 6) is -0.305. The van der Waals surface area contributed by atoms with Crippen LogP contribution in [-0.2, 0) is 10.0 Å². The van der Waals surface area contributed by atoms with Gasteiger partial charge < -0.3 is 11.1 Å². The summed E-state index contributed by atoms with van der Waals surface area (Å²) in [4.78, 5) is 3.70. The molecule has 0 radical (unpaired) electrons. The van der Waals surface area contributed by atoms with Gasteiger partial charge in [0.2, 0.25) is 11.9 Å². The van der Waals surface area contributed by atoms with E-state index in [1.165, 1.54) is 6.07 Å². The van der Waals surface area contributed by atoms with Crippen LogP contribution in [0.4, 0.5) is 17.6 Å². The van der Waals surface area contributed by atoms with Crippen LogP contribution in [0.25, 0.3) is 0 Å². The van der Waals surface area contributed by atoms with Crippen molar-refractivity contribution in [1.82, 2.24) is 14.2 Å². The Morgan fingerprint density at radius 2 is 1.83 bits per heavy atom. The van der Waals surface area contributed by atoms with E-state index in [9.17, 15) is 8.42 Å². The van der Waals surface area contributed by atoms with Gasteiger partial charge in [-0.05, 0) is 30.3 Å². The fourth-order valence-corrected chi connectivity index (χ4v) is 5.19. The summed E-state index contributed by atoms with van der Waals surface area (Å²) in [6.07, 6.45) is 0. The van der Waals surface area contributed by atoms with E-state index in [2.05, 4.69) is 15.4 Å². The SMILES string of the molecule is Nc1nc(Nc2ccc(Cl)cc2)nn1S(=O)(=O)c1cc(Cl)sc1Cl. The summed E-state index contributed by atoms with van der Waals surface area (Å²) >= 11 is 18.4. The Morgan fingerprint density at radius 1 is 1.17 bits per heavy atom. The van der Waals surface area contributed by atoms with Gasteiger partial charge >= 0.3 is 0 Å². The molecule has 0 saturated carbocycles. The molecular formula is C12H8Cl3N5O2S2. The average Bonchev–Trinajstić information content (AvgIpc) is 3.04. The second kappa shape index (κ2) is 6.41. The summed E-state index contributed by atoms with van der Waals surface area (Å²) in [5, 5.41) is 7.27. The van der Waals surface area contributed by atoms with Gasteiger partial charge in [0.15, 0.2) is 0 Å². The number of benzene rings is 1. The van der Waals surface area contributed by atoms with E-state index >= 15 is 0 Å². The van der Waals surface area contributed by atoms with Crippen molar-refractivity contribution in [3.63, 3.8) is 0 Å². The van der Waals surface area contributed by atoms with E-state index in [4.69, 9.17) is 40.5 Å². The molecule has 3 N–H and O–H groups in total. The fourth-order valence-electron chi connectivity index (χ4n) is 1.80. The number of hydrogen-bond acceptors (Lipinski definition) is 7. The van der Waals surface area contributed by atoms with Crippen LogP contribution >= 0.6 is 46.1 Å². The lowest BCUT2D eigenvalue weighted by Gasteiger charge is -2.03. The minimum atomic E-state index is -4.11. The minimum absolute atomic E-state index is 0.0100. The highest BCUT2D eigenvalue weighted by Crippen LogP contribution is 2.35. The summed E-state index contributed by atoms with van der Waals surface area (Å²) < 4.78 is 26.0. The highest BCUT2D eigenvalue weighted by molar-refractivity contribution is 7.90. The number of nitrogen functional groups attached to an aromatic ring is 1. The third-order valence-electron chi connectivity index (χ3n) is 2.83. The maximum Gasteiger partial charge on any atom is 0.288 e. The third kappa shape index (κ3) is 3.31. The topological polar surface area (TPSA) is 103 Å². The molecule has 7 nitrogen and oxygen atoms in total. The summed E-state index contributed by atoms with van der Waals surface area (Å²) in [5.41, 5.74) is 6.29. The van der Waals surface area contributed by atoms with Crippen LogP contribution in [0.5, 0.6) is 0 Å². The molecule has 0 unspecified atom stereocenters. The molecule has 24 heavy (non-hydrogen) atoms. The molecule has 0 fully saturated rings. The highest BCUT2D eigenvalue weighted by atomic mass is 35.5. The van der Waals surface area contributed by atoms with Gasteiger partial charge in [-0.15, -0.1) is 20.5 Å². The average molecular weight is 425 g/mol. The second-order valence-electron chi connectivity index (χ2n) is 4.46. The van der Waals surface area contributed by atoms with Crippen LogP contribution in [0, 0.1) is 0 Å². The number of hydrogen-bond donors (Lipinski definition) is 2. The van der Waals surface area contributed by atoms with E-state index < -0.39 is 10.0 Å². The van der Waals surface area contributed by atoms with Crippen molar-refractivity contribution in [2.45, 2.75) is 4.90 Å². The first-order valence-corrected chi connectivity index (χ1v) is 9.62. The second-order valence-corrected chi connectivity index (χ2v) is 8.92. The molecule has 0 amide bonds. The smallest absolute Gasteiger partial charge is 0.288 e. The number of anilines is 3. The van der Waals surface area contributed by atoms with Crippen LogP contribution in [0.1, 0.15) is 0 Å². The Hall–Kier alpha value is -1.52. The van der Waals surface area contributed by atoms with Gasteiger partial charge in [0.25, 0.3) is 10.0 Å². The molecule has 12 heteroatoms. The number of nitrogens with zero attached hydrogens (tertiary/aromatic N) is 3. The van der Waals surface area contributed by atoms with E-state index in [1.807, 2.05) is 0 Å². The van der Waals surface area contributed by atoms with Crippen LogP contribution in [0.15, 0.2) is 35.2 Å². The van der Waals surface area contributed by atoms with Gasteiger partial charge in [0.1, 0.15) is 9.23 Å². The molecule has 0 saturated heterocycles. The zero-order valence-corrected chi connectivity index (χ0v) is 15.5. The maximum absolute atomic E-state index is 12.6.